The van der Waals surface area contributed by atoms with Gasteiger partial charge in [-0.1, -0.05) is 37.3 Å². The predicted octanol–water partition coefficient (Wildman–Crippen LogP) is 1.71. The van der Waals surface area contributed by atoms with Crippen LogP contribution >= 0.6 is 0 Å². The van der Waals surface area contributed by atoms with Crippen molar-refractivity contribution in [3.05, 3.63) is 35.9 Å². The van der Waals surface area contributed by atoms with E-state index in [1.54, 1.807) is 4.90 Å². The first-order valence-electron chi connectivity index (χ1n) is 7.77. The Balaban J connectivity index is 1.85. The van der Waals surface area contributed by atoms with E-state index in [-0.39, 0.29) is 18.4 Å². The van der Waals surface area contributed by atoms with Gasteiger partial charge in [-0.2, -0.15) is 0 Å². The highest BCUT2D eigenvalue weighted by Gasteiger charge is 2.40. The number of hydrogen-bond donors (Lipinski definition) is 1. The zero-order valence-corrected chi connectivity index (χ0v) is 13.1. The van der Waals surface area contributed by atoms with Crippen molar-refractivity contribution in [2.45, 2.75) is 32.8 Å². The van der Waals surface area contributed by atoms with Crippen LogP contribution in [0.15, 0.2) is 30.3 Å². The van der Waals surface area contributed by atoms with Gasteiger partial charge in [0, 0.05) is 13.1 Å². The standard InChI is InChI=1S/C17H24N2O3/c1-2-17(16(18)21)9-6-10-19(13-17)15(20)12-22-11-14-7-4-3-5-8-14/h3-5,7-8H,2,6,9-13H2,1H3,(H2,18,21). The molecule has 2 N–H and O–H groups in total. The highest BCUT2D eigenvalue weighted by molar-refractivity contribution is 5.83. The number of carbonyl (C=O) groups is 2. The Hall–Kier alpha value is -1.88. The molecule has 1 aliphatic heterocycles. The minimum Gasteiger partial charge on any atom is -0.369 e. The van der Waals surface area contributed by atoms with Gasteiger partial charge in [-0.25, -0.2) is 0 Å². The second-order valence-electron chi connectivity index (χ2n) is 5.90. The lowest BCUT2D eigenvalue weighted by Crippen LogP contribution is -2.52. The highest BCUT2D eigenvalue weighted by atomic mass is 16.5. The molecule has 2 amide bonds. The van der Waals surface area contributed by atoms with Crippen molar-refractivity contribution >= 4 is 11.8 Å². The number of ether oxygens (including phenoxy) is 1. The average Bonchev–Trinajstić information content (AvgIpc) is 2.55. The summed E-state index contributed by atoms with van der Waals surface area (Å²) in [6.07, 6.45) is 2.23. The smallest absolute Gasteiger partial charge is 0.248 e. The molecule has 1 atom stereocenters. The van der Waals surface area contributed by atoms with E-state index < -0.39 is 5.41 Å². The van der Waals surface area contributed by atoms with Crippen molar-refractivity contribution in [1.29, 1.82) is 0 Å². The Morgan fingerprint density at radius 1 is 1.32 bits per heavy atom. The molecule has 1 unspecified atom stereocenters. The zero-order chi connectivity index (χ0) is 16.0. The fourth-order valence-corrected chi connectivity index (χ4v) is 2.93. The molecule has 22 heavy (non-hydrogen) atoms. The summed E-state index contributed by atoms with van der Waals surface area (Å²) in [6.45, 7) is 3.47. The van der Waals surface area contributed by atoms with Gasteiger partial charge in [0.15, 0.2) is 0 Å². The van der Waals surface area contributed by atoms with Gasteiger partial charge in [0.25, 0.3) is 0 Å². The summed E-state index contributed by atoms with van der Waals surface area (Å²) in [7, 11) is 0. The Bertz CT molecular complexity index is 518. The van der Waals surface area contributed by atoms with Crippen molar-refractivity contribution in [2.24, 2.45) is 11.1 Å². The first-order chi connectivity index (χ1) is 10.6. The van der Waals surface area contributed by atoms with Crippen LogP contribution in [0.5, 0.6) is 0 Å². The maximum Gasteiger partial charge on any atom is 0.248 e. The number of carbonyl (C=O) groups excluding carboxylic acids is 2. The quantitative estimate of drug-likeness (QED) is 0.869. The lowest BCUT2D eigenvalue weighted by Gasteiger charge is -2.40. The Morgan fingerprint density at radius 2 is 2.05 bits per heavy atom. The van der Waals surface area contributed by atoms with E-state index in [2.05, 4.69) is 0 Å². The van der Waals surface area contributed by atoms with Crippen LogP contribution in [0, 0.1) is 5.41 Å². The molecular weight excluding hydrogens is 280 g/mol. The van der Waals surface area contributed by atoms with Crippen molar-refractivity contribution in [3.63, 3.8) is 0 Å². The molecular formula is C17H24N2O3. The molecule has 1 aliphatic rings. The molecule has 0 bridgehead atoms. The molecule has 1 heterocycles. The van der Waals surface area contributed by atoms with Gasteiger partial charge in [0.05, 0.1) is 12.0 Å². The fraction of sp³-hybridized carbons (Fsp3) is 0.529. The number of piperidine rings is 1. The van der Waals surface area contributed by atoms with Crippen molar-refractivity contribution in [1.82, 2.24) is 4.90 Å². The Morgan fingerprint density at radius 3 is 2.68 bits per heavy atom. The molecule has 1 saturated heterocycles. The van der Waals surface area contributed by atoms with Crippen LogP contribution < -0.4 is 5.73 Å². The van der Waals surface area contributed by atoms with Gasteiger partial charge >= 0.3 is 0 Å². The monoisotopic (exact) mass is 304 g/mol. The third-order valence-electron chi connectivity index (χ3n) is 4.47. The molecule has 0 spiro atoms. The minimum absolute atomic E-state index is 0.0352. The van der Waals surface area contributed by atoms with Crippen LogP contribution in [0.4, 0.5) is 0 Å². The van der Waals surface area contributed by atoms with Gasteiger partial charge in [-0.15, -0.1) is 0 Å². The Kier molecular flexibility index (Phi) is 5.55. The van der Waals surface area contributed by atoms with Crippen LogP contribution in [0.25, 0.3) is 0 Å². The molecule has 0 aromatic heterocycles. The molecule has 5 nitrogen and oxygen atoms in total. The first kappa shape index (κ1) is 16.5. The lowest BCUT2D eigenvalue weighted by molar-refractivity contribution is -0.143. The molecule has 2 rings (SSSR count). The Labute approximate surface area is 131 Å². The van der Waals surface area contributed by atoms with Crippen molar-refractivity contribution in [3.8, 4) is 0 Å². The van der Waals surface area contributed by atoms with E-state index in [1.165, 1.54) is 0 Å². The summed E-state index contributed by atoms with van der Waals surface area (Å²) in [4.78, 5) is 25.7. The molecule has 0 aliphatic carbocycles. The van der Waals surface area contributed by atoms with Crippen molar-refractivity contribution in [2.75, 3.05) is 19.7 Å². The largest absolute Gasteiger partial charge is 0.369 e. The van der Waals surface area contributed by atoms with E-state index >= 15 is 0 Å². The minimum atomic E-state index is -0.576. The first-order valence-corrected chi connectivity index (χ1v) is 7.77. The molecule has 120 valence electrons. The maximum absolute atomic E-state index is 12.3. The predicted molar refractivity (Wildman–Crippen MR) is 83.8 cm³/mol. The number of rotatable bonds is 6. The van der Waals surface area contributed by atoms with Crippen LogP contribution in [-0.4, -0.2) is 36.4 Å². The van der Waals surface area contributed by atoms with E-state index in [9.17, 15) is 9.59 Å². The third kappa shape index (κ3) is 3.85. The number of amides is 2. The van der Waals surface area contributed by atoms with E-state index in [4.69, 9.17) is 10.5 Å². The maximum atomic E-state index is 12.3. The number of benzene rings is 1. The van der Waals surface area contributed by atoms with Gasteiger partial charge in [0.1, 0.15) is 6.61 Å². The molecule has 1 aromatic carbocycles. The topological polar surface area (TPSA) is 72.6 Å². The number of likely N-dealkylation sites (tertiary alicyclic amines) is 1. The normalized spacial score (nSPS) is 21.6. The molecule has 5 heteroatoms. The van der Waals surface area contributed by atoms with Crippen LogP contribution in [0.1, 0.15) is 31.7 Å². The fourth-order valence-electron chi connectivity index (χ4n) is 2.93. The van der Waals surface area contributed by atoms with Gasteiger partial charge in [-0.05, 0) is 24.8 Å². The molecule has 1 aromatic rings. The summed E-state index contributed by atoms with van der Waals surface area (Å²) in [5, 5.41) is 0. The van der Waals surface area contributed by atoms with Crippen LogP contribution in [-0.2, 0) is 20.9 Å². The highest BCUT2D eigenvalue weighted by Crippen LogP contribution is 2.33. The van der Waals surface area contributed by atoms with Crippen molar-refractivity contribution < 1.29 is 14.3 Å². The summed E-state index contributed by atoms with van der Waals surface area (Å²) >= 11 is 0. The molecule has 1 fully saturated rings. The van der Waals surface area contributed by atoms with E-state index in [0.29, 0.717) is 26.1 Å². The van der Waals surface area contributed by atoms with Gasteiger partial charge in [-0.3, -0.25) is 9.59 Å². The second kappa shape index (κ2) is 7.40. The molecule has 0 radical (unpaired) electrons. The second-order valence-corrected chi connectivity index (χ2v) is 5.90. The number of nitrogens with zero attached hydrogens (tertiary/aromatic N) is 1. The number of hydrogen-bond acceptors (Lipinski definition) is 3. The molecule has 0 saturated carbocycles. The summed E-state index contributed by atoms with van der Waals surface area (Å²) in [6, 6.07) is 9.74. The van der Waals surface area contributed by atoms with E-state index in [0.717, 1.165) is 18.4 Å². The van der Waals surface area contributed by atoms with Gasteiger partial charge in [0.2, 0.25) is 11.8 Å². The van der Waals surface area contributed by atoms with E-state index in [1.807, 2.05) is 37.3 Å². The lowest BCUT2D eigenvalue weighted by atomic mass is 9.77. The zero-order valence-electron chi connectivity index (χ0n) is 13.1. The average molecular weight is 304 g/mol. The number of nitrogens with two attached hydrogens (primary N) is 1. The van der Waals surface area contributed by atoms with Crippen LogP contribution in [0.2, 0.25) is 0 Å². The SMILES string of the molecule is CCC1(C(N)=O)CCCN(C(=O)COCc2ccccc2)C1. The summed E-state index contributed by atoms with van der Waals surface area (Å²) in [5.41, 5.74) is 6.00. The number of primary amides is 1. The summed E-state index contributed by atoms with van der Waals surface area (Å²) < 4.78 is 5.49. The summed E-state index contributed by atoms with van der Waals surface area (Å²) in [5.74, 6) is -0.382. The van der Waals surface area contributed by atoms with Crippen LogP contribution in [0.3, 0.4) is 0 Å². The van der Waals surface area contributed by atoms with Gasteiger partial charge < -0.3 is 15.4 Å². The third-order valence-corrected chi connectivity index (χ3v) is 4.47.